The van der Waals surface area contributed by atoms with Crippen molar-refractivity contribution in [3.8, 4) is 22.8 Å². The van der Waals surface area contributed by atoms with Gasteiger partial charge in [0.05, 0.1) is 29.5 Å². The molecule has 0 spiro atoms. The van der Waals surface area contributed by atoms with E-state index in [2.05, 4.69) is 9.71 Å². The molecule has 0 radical (unpaired) electrons. The van der Waals surface area contributed by atoms with E-state index in [0.717, 1.165) is 11.4 Å². The highest BCUT2D eigenvalue weighted by Crippen LogP contribution is 2.34. The van der Waals surface area contributed by atoms with Gasteiger partial charge in [0.1, 0.15) is 0 Å². The summed E-state index contributed by atoms with van der Waals surface area (Å²) in [6.07, 6.45) is 4.55. The molecule has 0 saturated carbocycles. The maximum Gasteiger partial charge on any atom is 0.262 e. The van der Waals surface area contributed by atoms with Crippen LogP contribution in [0.25, 0.3) is 16.2 Å². The molecular weight excluding hydrogens is 410 g/mol. The van der Waals surface area contributed by atoms with Gasteiger partial charge >= 0.3 is 0 Å². The Bertz CT molecular complexity index is 1270. The molecule has 3 heterocycles. The third-order valence-electron chi connectivity index (χ3n) is 4.57. The Morgan fingerprint density at radius 3 is 2.76 bits per heavy atom. The van der Waals surface area contributed by atoms with E-state index >= 15 is 0 Å². The van der Waals surface area contributed by atoms with Crippen LogP contribution in [0, 0.1) is 0 Å². The van der Waals surface area contributed by atoms with Crippen molar-refractivity contribution >= 4 is 32.0 Å². The van der Waals surface area contributed by atoms with Gasteiger partial charge in [-0.3, -0.25) is 9.12 Å². The highest BCUT2D eigenvalue weighted by Gasteiger charge is 2.21. The van der Waals surface area contributed by atoms with Crippen molar-refractivity contribution in [2.45, 2.75) is 11.3 Å². The zero-order chi connectivity index (χ0) is 19.8. The van der Waals surface area contributed by atoms with Crippen molar-refractivity contribution < 1.29 is 17.9 Å². The van der Waals surface area contributed by atoms with E-state index in [1.807, 2.05) is 34.3 Å². The first-order chi connectivity index (χ1) is 14.1. The Labute approximate surface area is 171 Å². The van der Waals surface area contributed by atoms with Crippen LogP contribution in [0.3, 0.4) is 0 Å². The molecule has 1 aliphatic rings. The summed E-state index contributed by atoms with van der Waals surface area (Å²) >= 11 is 1.52. The van der Waals surface area contributed by atoms with E-state index in [1.54, 1.807) is 18.2 Å². The SMILES string of the molecule is O=S(=O)(Nc1ccccc1-c1cn2ccsc2n1)c1ccc2c(c1)OCCCO2. The van der Waals surface area contributed by atoms with Crippen LogP contribution < -0.4 is 14.2 Å². The highest BCUT2D eigenvalue weighted by atomic mass is 32.2. The van der Waals surface area contributed by atoms with Crippen LogP contribution in [0.15, 0.2) is 65.1 Å². The van der Waals surface area contributed by atoms with Crippen molar-refractivity contribution in [2.24, 2.45) is 0 Å². The van der Waals surface area contributed by atoms with E-state index in [1.165, 1.54) is 23.5 Å². The van der Waals surface area contributed by atoms with Crippen LogP contribution in [0.5, 0.6) is 11.5 Å². The molecule has 5 rings (SSSR count). The summed E-state index contributed by atoms with van der Waals surface area (Å²) in [5.41, 5.74) is 1.88. The second kappa shape index (κ2) is 7.09. The van der Waals surface area contributed by atoms with Gasteiger partial charge in [-0.25, -0.2) is 13.4 Å². The fourth-order valence-corrected chi connectivity index (χ4v) is 4.96. The van der Waals surface area contributed by atoms with Gasteiger partial charge in [-0.05, 0) is 18.2 Å². The fourth-order valence-electron chi connectivity index (χ4n) is 3.17. The van der Waals surface area contributed by atoms with E-state index < -0.39 is 10.0 Å². The minimum Gasteiger partial charge on any atom is -0.490 e. The van der Waals surface area contributed by atoms with Crippen LogP contribution >= 0.6 is 11.3 Å². The van der Waals surface area contributed by atoms with Gasteiger partial charge in [-0.2, -0.15) is 0 Å². The summed E-state index contributed by atoms with van der Waals surface area (Å²) in [6.45, 7) is 1.04. The predicted octanol–water partition coefficient (Wildman–Crippen LogP) is 4.02. The molecule has 2 aromatic heterocycles. The van der Waals surface area contributed by atoms with Crippen LogP contribution in [0.4, 0.5) is 5.69 Å². The van der Waals surface area contributed by atoms with Gasteiger partial charge in [-0.1, -0.05) is 18.2 Å². The number of anilines is 1. The first-order valence-electron chi connectivity index (χ1n) is 9.04. The maximum atomic E-state index is 13.0. The number of aromatic nitrogens is 2. The minimum absolute atomic E-state index is 0.113. The molecule has 0 amide bonds. The summed E-state index contributed by atoms with van der Waals surface area (Å²) in [6, 6.07) is 11.9. The Morgan fingerprint density at radius 2 is 1.90 bits per heavy atom. The number of imidazole rings is 1. The Balaban J connectivity index is 1.50. The quantitative estimate of drug-likeness (QED) is 0.532. The molecule has 9 heteroatoms. The Hall–Kier alpha value is -3.04. The molecular formula is C20H17N3O4S2. The monoisotopic (exact) mass is 427 g/mol. The number of thiazole rings is 1. The summed E-state index contributed by atoms with van der Waals surface area (Å²) in [5, 5.41) is 1.95. The predicted molar refractivity (Wildman–Crippen MR) is 111 cm³/mol. The summed E-state index contributed by atoms with van der Waals surface area (Å²) in [7, 11) is -3.82. The zero-order valence-corrected chi connectivity index (χ0v) is 16.9. The molecule has 0 atom stereocenters. The van der Waals surface area contributed by atoms with Gasteiger partial charge < -0.3 is 9.47 Å². The number of hydrogen-bond acceptors (Lipinski definition) is 6. The molecule has 1 N–H and O–H groups in total. The average molecular weight is 428 g/mol. The number of rotatable bonds is 4. The van der Waals surface area contributed by atoms with E-state index in [4.69, 9.17) is 9.47 Å². The summed E-state index contributed by atoms with van der Waals surface area (Å²) in [5.74, 6) is 0.993. The number of benzene rings is 2. The van der Waals surface area contributed by atoms with Crippen LogP contribution in [0.2, 0.25) is 0 Å². The van der Waals surface area contributed by atoms with Crippen molar-refractivity contribution in [1.82, 2.24) is 9.38 Å². The standard InChI is InChI=1S/C20H17N3O4S2/c24-29(25,14-6-7-18-19(12-14)27-10-3-9-26-18)22-16-5-2-1-4-15(16)17-13-23-8-11-28-20(23)21-17/h1-2,4-8,11-13,22H,3,9-10H2. The normalized spacial score (nSPS) is 13.9. The number of nitrogens with one attached hydrogen (secondary N) is 1. The zero-order valence-electron chi connectivity index (χ0n) is 15.2. The molecule has 1 aliphatic heterocycles. The second-order valence-corrected chi connectivity index (χ2v) is 9.08. The average Bonchev–Trinajstić information content (AvgIpc) is 3.22. The molecule has 4 aromatic rings. The number of ether oxygens (including phenoxy) is 2. The van der Waals surface area contributed by atoms with Gasteiger partial charge in [0.2, 0.25) is 0 Å². The summed E-state index contributed by atoms with van der Waals surface area (Å²) < 4.78 is 41.9. The van der Waals surface area contributed by atoms with Gasteiger partial charge in [0.15, 0.2) is 16.5 Å². The molecule has 2 aromatic carbocycles. The first-order valence-corrected chi connectivity index (χ1v) is 11.4. The number of fused-ring (bicyclic) bond motifs is 2. The molecule has 0 unspecified atom stereocenters. The lowest BCUT2D eigenvalue weighted by Gasteiger charge is -2.13. The van der Waals surface area contributed by atoms with Crippen molar-refractivity contribution in [1.29, 1.82) is 0 Å². The van der Waals surface area contributed by atoms with Crippen LogP contribution in [0.1, 0.15) is 6.42 Å². The third kappa shape index (κ3) is 3.43. The molecule has 0 saturated heterocycles. The van der Waals surface area contributed by atoms with Gasteiger partial charge in [-0.15, -0.1) is 11.3 Å². The smallest absolute Gasteiger partial charge is 0.262 e. The van der Waals surface area contributed by atoms with Crippen molar-refractivity contribution in [3.63, 3.8) is 0 Å². The number of nitrogens with zero attached hydrogens (tertiary/aromatic N) is 2. The third-order valence-corrected chi connectivity index (χ3v) is 6.70. The van der Waals surface area contributed by atoms with E-state index in [0.29, 0.717) is 41.7 Å². The van der Waals surface area contributed by atoms with Crippen molar-refractivity contribution in [2.75, 3.05) is 17.9 Å². The molecule has 0 fully saturated rings. The topological polar surface area (TPSA) is 81.9 Å². The number of sulfonamides is 1. The van der Waals surface area contributed by atoms with Crippen LogP contribution in [-0.2, 0) is 10.0 Å². The van der Waals surface area contributed by atoms with Crippen LogP contribution in [-0.4, -0.2) is 31.0 Å². The fraction of sp³-hybridized carbons (Fsp3) is 0.150. The minimum atomic E-state index is -3.82. The number of para-hydroxylation sites is 1. The maximum absolute atomic E-state index is 13.0. The molecule has 7 nitrogen and oxygen atoms in total. The number of hydrogen-bond donors (Lipinski definition) is 1. The lowest BCUT2D eigenvalue weighted by molar-refractivity contribution is 0.297. The Kier molecular flexibility index (Phi) is 4.40. The van der Waals surface area contributed by atoms with E-state index in [-0.39, 0.29) is 4.90 Å². The van der Waals surface area contributed by atoms with Crippen molar-refractivity contribution in [3.05, 3.63) is 60.2 Å². The van der Waals surface area contributed by atoms with E-state index in [9.17, 15) is 8.42 Å². The summed E-state index contributed by atoms with van der Waals surface area (Å²) in [4.78, 5) is 5.55. The second-order valence-electron chi connectivity index (χ2n) is 6.53. The lowest BCUT2D eigenvalue weighted by atomic mass is 10.1. The van der Waals surface area contributed by atoms with Gasteiger partial charge in [0, 0.05) is 35.8 Å². The first kappa shape index (κ1) is 18.0. The molecule has 0 aliphatic carbocycles. The Morgan fingerprint density at radius 1 is 1.07 bits per heavy atom. The molecule has 148 valence electrons. The molecule has 0 bridgehead atoms. The lowest BCUT2D eigenvalue weighted by Crippen LogP contribution is -2.14. The molecule has 29 heavy (non-hydrogen) atoms. The highest BCUT2D eigenvalue weighted by molar-refractivity contribution is 7.92. The largest absolute Gasteiger partial charge is 0.490 e. The van der Waals surface area contributed by atoms with Gasteiger partial charge in [0.25, 0.3) is 10.0 Å².